The monoisotopic (exact) mass is 325 g/mol. The highest BCUT2D eigenvalue weighted by Gasteiger charge is 2.20. The van der Waals surface area contributed by atoms with E-state index < -0.39 is 0 Å². The van der Waals surface area contributed by atoms with Crippen molar-refractivity contribution in [1.29, 1.82) is 0 Å². The molecule has 0 aliphatic carbocycles. The van der Waals surface area contributed by atoms with Gasteiger partial charge in [0.25, 0.3) is 0 Å². The highest BCUT2D eigenvalue weighted by molar-refractivity contribution is 6.09. The first-order chi connectivity index (χ1) is 12.1. The average Bonchev–Trinajstić information content (AvgIpc) is 2.66. The van der Waals surface area contributed by atoms with Gasteiger partial charge in [-0.05, 0) is 41.2 Å². The molecule has 0 aliphatic rings. The third-order valence-electron chi connectivity index (χ3n) is 5.41. The van der Waals surface area contributed by atoms with E-state index in [0.717, 1.165) is 17.5 Å². The van der Waals surface area contributed by atoms with E-state index in [9.17, 15) is 0 Å². The van der Waals surface area contributed by atoms with Gasteiger partial charge < -0.3 is 0 Å². The first-order valence-electron chi connectivity index (χ1n) is 8.98. The number of aromatic nitrogens is 1. The van der Waals surface area contributed by atoms with Crippen molar-refractivity contribution in [3.8, 4) is 11.1 Å². The van der Waals surface area contributed by atoms with Crippen LogP contribution >= 0.6 is 0 Å². The number of rotatable bonds is 3. The van der Waals surface area contributed by atoms with Crippen molar-refractivity contribution in [2.24, 2.45) is 0 Å². The van der Waals surface area contributed by atoms with Crippen LogP contribution in [0.1, 0.15) is 32.8 Å². The fourth-order valence-corrected chi connectivity index (χ4v) is 3.43. The molecule has 0 saturated heterocycles. The number of benzene rings is 3. The summed E-state index contributed by atoms with van der Waals surface area (Å²) in [6, 6.07) is 25.9. The molecule has 0 radical (unpaired) electrons. The lowest BCUT2D eigenvalue weighted by Crippen LogP contribution is -2.15. The molecule has 25 heavy (non-hydrogen) atoms. The fraction of sp³-hybridized carbons (Fsp3) is 0.208. The van der Waals surface area contributed by atoms with E-state index in [1.807, 2.05) is 0 Å². The minimum atomic E-state index is 0.161. The molecule has 3 aromatic carbocycles. The third kappa shape index (κ3) is 2.70. The quantitative estimate of drug-likeness (QED) is 0.380. The molecule has 0 N–H and O–H groups in total. The van der Waals surface area contributed by atoms with E-state index in [1.165, 1.54) is 27.5 Å². The number of para-hydroxylation sites is 1. The van der Waals surface area contributed by atoms with Gasteiger partial charge in [-0.15, -0.1) is 0 Å². The molecule has 1 heteroatoms. The predicted octanol–water partition coefficient (Wildman–Crippen LogP) is 6.74. The Morgan fingerprint density at radius 3 is 2.20 bits per heavy atom. The Morgan fingerprint density at radius 2 is 1.44 bits per heavy atom. The minimum absolute atomic E-state index is 0.161. The summed E-state index contributed by atoms with van der Waals surface area (Å²) in [5.74, 6) is 0. The molecule has 4 aromatic rings. The lowest BCUT2D eigenvalue weighted by Gasteiger charge is -2.24. The zero-order chi connectivity index (χ0) is 17.4. The van der Waals surface area contributed by atoms with Crippen molar-refractivity contribution >= 4 is 21.8 Å². The van der Waals surface area contributed by atoms with Gasteiger partial charge in [0.05, 0.1) is 11.0 Å². The lowest BCUT2D eigenvalue weighted by atomic mass is 9.81. The second-order valence-electron chi connectivity index (χ2n) is 7.34. The van der Waals surface area contributed by atoms with Crippen molar-refractivity contribution < 1.29 is 0 Å². The molecule has 0 unspecified atom stereocenters. The Hall–Kier alpha value is -2.67. The van der Waals surface area contributed by atoms with Crippen LogP contribution in [-0.4, -0.2) is 4.98 Å². The van der Waals surface area contributed by atoms with Crippen LogP contribution < -0.4 is 0 Å². The molecule has 124 valence electrons. The topological polar surface area (TPSA) is 12.9 Å². The molecule has 0 fully saturated rings. The Bertz CT molecular complexity index is 1050. The largest absolute Gasteiger partial charge is 0.248 e. The number of hydrogen-bond donors (Lipinski definition) is 0. The van der Waals surface area contributed by atoms with E-state index in [-0.39, 0.29) is 5.41 Å². The summed E-state index contributed by atoms with van der Waals surface area (Å²) in [5, 5.41) is 2.46. The van der Waals surface area contributed by atoms with Crippen LogP contribution in [0.2, 0.25) is 0 Å². The zero-order valence-electron chi connectivity index (χ0n) is 15.1. The number of nitrogens with zero attached hydrogens (tertiary/aromatic N) is 1. The van der Waals surface area contributed by atoms with Crippen molar-refractivity contribution in [3.05, 3.63) is 78.4 Å². The van der Waals surface area contributed by atoms with Gasteiger partial charge in [0.1, 0.15) is 0 Å². The summed E-state index contributed by atoms with van der Waals surface area (Å²) in [6.07, 6.45) is 1.11. The van der Waals surface area contributed by atoms with E-state index in [1.54, 1.807) is 0 Å². The Labute approximate surface area is 149 Å². The highest BCUT2D eigenvalue weighted by atomic mass is 14.7. The van der Waals surface area contributed by atoms with Crippen LogP contribution in [-0.2, 0) is 5.41 Å². The molecular formula is C24H23N. The first-order valence-corrected chi connectivity index (χ1v) is 8.98. The van der Waals surface area contributed by atoms with Gasteiger partial charge in [-0.25, -0.2) is 4.98 Å². The van der Waals surface area contributed by atoms with Crippen molar-refractivity contribution in [3.63, 3.8) is 0 Å². The van der Waals surface area contributed by atoms with Gasteiger partial charge in [0.2, 0.25) is 0 Å². The van der Waals surface area contributed by atoms with Gasteiger partial charge in [0.15, 0.2) is 0 Å². The smallest absolute Gasteiger partial charge is 0.0716 e. The van der Waals surface area contributed by atoms with Crippen LogP contribution in [0.5, 0.6) is 0 Å². The fourth-order valence-electron chi connectivity index (χ4n) is 3.43. The maximum Gasteiger partial charge on any atom is 0.0716 e. The molecule has 0 bridgehead atoms. The number of pyridine rings is 1. The third-order valence-corrected chi connectivity index (χ3v) is 5.41. The minimum Gasteiger partial charge on any atom is -0.248 e. The molecule has 0 saturated carbocycles. The van der Waals surface area contributed by atoms with E-state index >= 15 is 0 Å². The van der Waals surface area contributed by atoms with Gasteiger partial charge in [-0.2, -0.15) is 0 Å². The van der Waals surface area contributed by atoms with E-state index in [2.05, 4.69) is 93.6 Å². The average molecular weight is 325 g/mol. The van der Waals surface area contributed by atoms with Crippen LogP contribution in [0.4, 0.5) is 0 Å². The van der Waals surface area contributed by atoms with E-state index in [0.29, 0.717) is 0 Å². The Kier molecular flexibility index (Phi) is 3.80. The Balaban J connectivity index is 2.13. The molecule has 1 aromatic heterocycles. The summed E-state index contributed by atoms with van der Waals surface area (Å²) in [5.41, 5.74) is 6.18. The van der Waals surface area contributed by atoms with Crippen molar-refractivity contribution in [2.75, 3.05) is 0 Å². The zero-order valence-corrected chi connectivity index (χ0v) is 15.1. The van der Waals surface area contributed by atoms with Crippen LogP contribution in [0, 0.1) is 0 Å². The number of hydrogen-bond acceptors (Lipinski definition) is 1. The summed E-state index contributed by atoms with van der Waals surface area (Å²) in [7, 11) is 0. The molecule has 0 atom stereocenters. The molecule has 0 spiro atoms. The second kappa shape index (κ2) is 6.00. The maximum absolute atomic E-state index is 4.91. The van der Waals surface area contributed by atoms with Gasteiger partial charge >= 0.3 is 0 Å². The molecule has 0 amide bonds. The molecule has 1 nitrogen and oxygen atoms in total. The molecule has 1 heterocycles. The van der Waals surface area contributed by atoms with E-state index in [4.69, 9.17) is 4.98 Å². The summed E-state index contributed by atoms with van der Waals surface area (Å²) < 4.78 is 0. The number of fused-ring (bicyclic) bond motifs is 2. The highest BCUT2D eigenvalue weighted by Crippen LogP contribution is 2.37. The van der Waals surface area contributed by atoms with Gasteiger partial charge in [-0.1, -0.05) is 75.4 Å². The molecule has 0 aliphatic heterocycles. The lowest BCUT2D eigenvalue weighted by molar-refractivity contribution is 0.507. The van der Waals surface area contributed by atoms with Crippen LogP contribution in [0.15, 0.2) is 72.8 Å². The standard InChI is InChI=1S/C24H23N/c1-4-24(2,3)18-14-15-22-20(16-18)23(17-10-6-5-7-11-17)19-12-8-9-13-21(19)25-22/h5-16H,4H2,1-3H3. The van der Waals surface area contributed by atoms with Crippen molar-refractivity contribution in [2.45, 2.75) is 32.6 Å². The summed E-state index contributed by atoms with van der Waals surface area (Å²) >= 11 is 0. The van der Waals surface area contributed by atoms with Crippen molar-refractivity contribution in [1.82, 2.24) is 4.98 Å². The molecule has 4 rings (SSSR count). The van der Waals surface area contributed by atoms with Crippen LogP contribution in [0.3, 0.4) is 0 Å². The van der Waals surface area contributed by atoms with Gasteiger partial charge in [0, 0.05) is 16.3 Å². The summed E-state index contributed by atoms with van der Waals surface area (Å²) in [6.45, 7) is 6.87. The maximum atomic E-state index is 4.91. The summed E-state index contributed by atoms with van der Waals surface area (Å²) in [4.78, 5) is 4.91. The normalized spacial score (nSPS) is 12.0. The predicted molar refractivity (Wildman–Crippen MR) is 108 cm³/mol. The van der Waals surface area contributed by atoms with Crippen LogP contribution in [0.25, 0.3) is 32.9 Å². The second-order valence-corrected chi connectivity index (χ2v) is 7.34. The Morgan fingerprint density at radius 1 is 0.760 bits per heavy atom. The molecular weight excluding hydrogens is 302 g/mol. The van der Waals surface area contributed by atoms with Gasteiger partial charge in [-0.3, -0.25) is 0 Å². The first kappa shape index (κ1) is 15.8. The SMILES string of the molecule is CCC(C)(C)c1ccc2nc3ccccc3c(-c3ccccc3)c2c1.